The van der Waals surface area contributed by atoms with Gasteiger partial charge in [0.2, 0.25) is 0 Å². The van der Waals surface area contributed by atoms with Crippen LogP contribution in [0.4, 0.5) is 0 Å². The maximum atomic E-state index is 11.3. The molecule has 0 amide bonds. The van der Waals surface area contributed by atoms with Crippen LogP contribution in [0.15, 0.2) is 0 Å². The van der Waals surface area contributed by atoms with Crippen molar-refractivity contribution in [2.24, 2.45) is 45.8 Å². The number of rotatable bonds is 7. The van der Waals surface area contributed by atoms with Crippen LogP contribution in [-0.4, -0.2) is 5.78 Å². The third kappa shape index (κ3) is 4.50. The highest BCUT2D eigenvalue weighted by Gasteiger charge is 2.61. The summed E-state index contributed by atoms with van der Waals surface area (Å²) in [5.41, 5.74) is 1.66. The van der Waals surface area contributed by atoms with Gasteiger partial charge < -0.3 is 4.79 Å². The van der Waals surface area contributed by atoms with Crippen molar-refractivity contribution in [2.75, 3.05) is 0 Å². The van der Waals surface area contributed by atoms with Gasteiger partial charge >= 0.3 is 0 Å². The summed E-state index contributed by atoms with van der Waals surface area (Å²) in [7, 11) is 0. The summed E-state index contributed by atoms with van der Waals surface area (Å²) in [5.74, 6) is 4.78. The molecule has 0 N–H and O–H groups in total. The summed E-state index contributed by atoms with van der Waals surface area (Å²) in [6, 6.07) is 0. The Morgan fingerprint density at radius 2 is 1.66 bits per heavy atom. The van der Waals surface area contributed by atoms with Crippen LogP contribution in [0, 0.1) is 45.8 Å². The quantitative estimate of drug-likeness (QED) is 0.417. The lowest BCUT2D eigenvalue weighted by Crippen LogP contribution is -2.59. The Hall–Kier alpha value is -0.330. The highest BCUT2D eigenvalue weighted by molar-refractivity contribution is 5.75. The van der Waals surface area contributed by atoms with Crippen LogP contribution < -0.4 is 0 Å². The molecular formula is C28H50O. The van der Waals surface area contributed by atoms with E-state index in [1.165, 1.54) is 64.2 Å². The van der Waals surface area contributed by atoms with E-state index in [1.54, 1.807) is 6.92 Å². The Morgan fingerprint density at radius 1 is 0.931 bits per heavy atom. The first-order chi connectivity index (χ1) is 13.5. The minimum atomic E-state index is 0.355. The largest absolute Gasteiger partial charge is 0.300 e. The SMILES string of the molecule is CC(=O)CCC[C@@H](C)CC[C@@H]1[C@@H](C)CCC2[C@]3(C)CCCC(C)(C)C3CC[C@@]21C. The molecule has 29 heavy (non-hydrogen) atoms. The number of hydrogen-bond acceptors (Lipinski definition) is 1. The van der Waals surface area contributed by atoms with Crippen molar-refractivity contribution in [3.63, 3.8) is 0 Å². The van der Waals surface area contributed by atoms with Gasteiger partial charge in [-0.15, -0.1) is 0 Å². The zero-order valence-corrected chi connectivity index (χ0v) is 20.8. The Labute approximate surface area is 182 Å². The van der Waals surface area contributed by atoms with E-state index in [2.05, 4.69) is 41.5 Å². The molecule has 2 unspecified atom stereocenters. The number of ketones is 1. The van der Waals surface area contributed by atoms with Gasteiger partial charge in [0.1, 0.15) is 5.78 Å². The lowest BCUT2D eigenvalue weighted by atomic mass is 9.38. The van der Waals surface area contributed by atoms with Crippen LogP contribution in [0.5, 0.6) is 0 Å². The van der Waals surface area contributed by atoms with Gasteiger partial charge in [0, 0.05) is 6.42 Å². The van der Waals surface area contributed by atoms with Gasteiger partial charge in [-0.1, -0.05) is 67.2 Å². The van der Waals surface area contributed by atoms with Crippen LogP contribution in [0.25, 0.3) is 0 Å². The fourth-order valence-electron chi connectivity index (χ4n) is 8.99. The molecule has 3 saturated carbocycles. The smallest absolute Gasteiger partial charge is 0.129 e. The average Bonchev–Trinajstić information content (AvgIpc) is 2.59. The third-order valence-corrected chi connectivity index (χ3v) is 10.5. The molecular weight excluding hydrogens is 352 g/mol. The summed E-state index contributed by atoms with van der Waals surface area (Å²) in [4.78, 5) is 11.3. The van der Waals surface area contributed by atoms with Crippen molar-refractivity contribution < 1.29 is 4.79 Å². The highest BCUT2D eigenvalue weighted by atomic mass is 16.1. The molecule has 0 aromatic heterocycles. The summed E-state index contributed by atoms with van der Waals surface area (Å²) in [5, 5.41) is 0. The Morgan fingerprint density at radius 3 is 2.34 bits per heavy atom. The van der Waals surface area contributed by atoms with Gasteiger partial charge in [-0.3, -0.25) is 0 Å². The van der Waals surface area contributed by atoms with E-state index in [0.29, 0.717) is 22.0 Å². The zero-order valence-electron chi connectivity index (χ0n) is 20.8. The predicted octanol–water partition coefficient (Wildman–Crippen LogP) is 8.46. The molecule has 0 aromatic carbocycles. The van der Waals surface area contributed by atoms with Gasteiger partial charge in [0.15, 0.2) is 0 Å². The van der Waals surface area contributed by atoms with Crippen molar-refractivity contribution in [1.82, 2.24) is 0 Å². The van der Waals surface area contributed by atoms with Crippen LogP contribution in [-0.2, 0) is 4.79 Å². The van der Waals surface area contributed by atoms with Crippen molar-refractivity contribution >= 4 is 5.78 Å². The number of carbonyl (C=O) groups is 1. The molecule has 1 nitrogen and oxygen atoms in total. The second-order valence-electron chi connectivity index (χ2n) is 12.9. The number of fused-ring (bicyclic) bond motifs is 3. The second kappa shape index (κ2) is 8.66. The summed E-state index contributed by atoms with van der Waals surface area (Å²) in [6.45, 7) is 17.3. The van der Waals surface area contributed by atoms with E-state index in [4.69, 9.17) is 0 Å². The summed E-state index contributed by atoms with van der Waals surface area (Å²) in [6.07, 6.45) is 16.1. The van der Waals surface area contributed by atoms with Gasteiger partial charge in [0.05, 0.1) is 0 Å². The minimum Gasteiger partial charge on any atom is -0.300 e. The molecule has 0 heterocycles. The second-order valence-corrected chi connectivity index (χ2v) is 12.9. The molecule has 0 aromatic rings. The highest BCUT2D eigenvalue weighted by Crippen LogP contribution is 2.69. The Balaban J connectivity index is 1.71. The Kier molecular flexibility index (Phi) is 6.97. The van der Waals surface area contributed by atoms with Crippen LogP contribution in [0.1, 0.15) is 126 Å². The molecule has 0 aliphatic heterocycles. The average molecular weight is 403 g/mol. The van der Waals surface area contributed by atoms with E-state index in [9.17, 15) is 4.79 Å². The van der Waals surface area contributed by atoms with Crippen molar-refractivity contribution in [3.8, 4) is 0 Å². The number of hydrogen-bond donors (Lipinski definition) is 0. The summed E-state index contributed by atoms with van der Waals surface area (Å²) >= 11 is 0. The molecule has 3 fully saturated rings. The fourth-order valence-corrected chi connectivity index (χ4v) is 8.99. The topological polar surface area (TPSA) is 17.1 Å². The molecule has 3 rings (SSSR count). The monoisotopic (exact) mass is 402 g/mol. The van der Waals surface area contributed by atoms with Gasteiger partial charge in [-0.25, -0.2) is 0 Å². The molecule has 0 bridgehead atoms. The van der Waals surface area contributed by atoms with Gasteiger partial charge in [-0.2, -0.15) is 0 Å². The molecule has 7 atom stereocenters. The summed E-state index contributed by atoms with van der Waals surface area (Å²) < 4.78 is 0. The maximum Gasteiger partial charge on any atom is 0.129 e. The lowest BCUT2D eigenvalue weighted by molar-refractivity contribution is -0.174. The fraction of sp³-hybridized carbons (Fsp3) is 0.964. The standard InChI is InChI=1S/C28H50O/c1-20(10-8-11-22(3)29)12-14-23-21(2)13-15-25-27(23,6)19-16-24-26(4,5)17-9-18-28(24,25)7/h20-21,23-25H,8-19H2,1-7H3/t20-,21+,23-,24?,25?,27-,28-/m1/s1. The number of carbonyl (C=O) groups excluding carboxylic acids is 1. The van der Waals surface area contributed by atoms with Crippen LogP contribution >= 0.6 is 0 Å². The number of Topliss-reactive ketones (excluding diaryl/α,β-unsaturated/α-hetero) is 1. The first-order valence-corrected chi connectivity index (χ1v) is 13.0. The van der Waals surface area contributed by atoms with Crippen molar-refractivity contribution in [3.05, 3.63) is 0 Å². The molecule has 0 radical (unpaired) electrons. The van der Waals surface area contributed by atoms with E-state index in [-0.39, 0.29) is 0 Å². The van der Waals surface area contributed by atoms with Crippen LogP contribution in [0.2, 0.25) is 0 Å². The van der Waals surface area contributed by atoms with Gasteiger partial charge in [0.25, 0.3) is 0 Å². The first kappa shape index (κ1) is 23.3. The molecule has 1 heteroatoms. The Bertz CT molecular complexity index is 577. The van der Waals surface area contributed by atoms with E-state index >= 15 is 0 Å². The zero-order chi connectivity index (χ0) is 21.4. The molecule has 0 saturated heterocycles. The van der Waals surface area contributed by atoms with Gasteiger partial charge in [-0.05, 0) is 97.7 Å². The van der Waals surface area contributed by atoms with E-state index in [1.807, 2.05) is 0 Å². The predicted molar refractivity (Wildman–Crippen MR) is 125 cm³/mol. The minimum absolute atomic E-state index is 0.355. The molecule has 3 aliphatic carbocycles. The maximum absolute atomic E-state index is 11.3. The molecule has 168 valence electrons. The van der Waals surface area contributed by atoms with Crippen molar-refractivity contribution in [1.29, 1.82) is 0 Å². The molecule has 3 aliphatic rings. The normalized spacial score (nSPS) is 42.6. The lowest BCUT2D eigenvalue weighted by Gasteiger charge is -2.66. The van der Waals surface area contributed by atoms with Crippen molar-refractivity contribution in [2.45, 2.75) is 126 Å². The molecule has 0 spiro atoms. The van der Waals surface area contributed by atoms with E-state index < -0.39 is 0 Å². The van der Waals surface area contributed by atoms with Crippen LogP contribution in [0.3, 0.4) is 0 Å². The first-order valence-electron chi connectivity index (χ1n) is 13.0. The van der Waals surface area contributed by atoms with E-state index in [0.717, 1.165) is 42.4 Å². The third-order valence-electron chi connectivity index (χ3n) is 10.5.